The summed E-state index contributed by atoms with van der Waals surface area (Å²) in [5.74, 6) is 0. The average molecular weight is 292 g/mol. The summed E-state index contributed by atoms with van der Waals surface area (Å²) in [6.45, 7) is 0. The second kappa shape index (κ2) is 4.56. The van der Waals surface area contributed by atoms with Gasteiger partial charge < -0.3 is 0 Å². The molecule has 0 aliphatic heterocycles. The first-order chi connectivity index (χ1) is 8.00. The van der Waals surface area contributed by atoms with Gasteiger partial charge in [0.25, 0.3) is 10.0 Å². The summed E-state index contributed by atoms with van der Waals surface area (Å²) in [7, 11) is -3.73. The third-order valence-corrected chi connectivity index (χ3v) is 3.93. The number of H-pyrrole nitrogens is 1. The Balaban J connectivity index is 2.40. The van der Waals surface area contributed by atoms with Crippen LogP contribution in [0.15, 0.2) is 35.5 Å². The summed E-state index contributed by atoms with van der Waals surface area (Å²) in [4.78, 5) is 0.00786. The van der Waals surface area contributed by atoms with Gasteiger partial charge in [0.1, 0.15) is 4.90 Å². The number of benzene rings is 1. The Morgan fingerprint density at radius 2 is 1.88 bits per heavy atom. The largest absolute Gasteiger partial charge is 0.284 e. The maximum absolute atomic E-state index is 11.9. The molecule has 0 saturated carbocycles. The average Bonchev–Trinajstić information content (AvgIpc) is 2.77. The number of para-hydroxylation sites is 1. The molecule has 0 bridgehead atoms. The number of aromatic amines is 1. The SMILES string of the molecule is O=S(=O)(Nc1c(Cl)cccc1Cl)c1cn[nH]c1. The summed E-state index contributed by atoms with van der Waals surface area (Å²) < 4.78 is 26.1. The molecule has 90 valence electrons. The van der Waals surface area contributed by atoms with Crippen LogP contribution in [0.2, 0.25) is 10.0 Å². The number of hydrogen-bond donors (Lipinski definition) is 2. The third-order valence-electron chi connectivity index (χ3n) is 1.98. The van der Waals surface area contributed by atoms with Crippen molar-refractivity contribution >= 4 is 38.9 Å². The zero-order chi connectivity index (χ0) is 12.5. The Morgan fingerprint density at radius 1 is 1.24 bits per heavy atom. The summed E-state index contributed by atoms with van der Waals surface area (Å²) in [6, 6.07) is 4.71. The van der Waals surface area contributed by atoms with E-state index in [9.17, 15) is 8.42 Å². The first-order valence-corrected chi connectivity index (χ1v) is 6.70. The lowest BCUT2D eigenvalue weighted by molar-refractivity contribution is 0.601. The molecule has 1 aromatic heterocycles. The lowest BCUT2D eigenvalue weighted by Crippen LogP contribution is -2.12. The second-order valence-electron chi connectivity index (χ2n) is 3.14. The molecule has 0 saturated heterocycles. The Labute approximate surface area is 108 Å². The Kier molecular flexibility index (Phi) is 3.28. The molecule has 0 unspecified atom stereocenters. The zero-order valence-corrected chi connectivity index (χ0v) is 10.6. The molecule has 17 heavy (non-hydrogen) atoms. The number of anilines is 1. The molecule has 8 heteroatoms. The predicted octanol–water partition coefficient (Wildman–Crippen LogP) is 2.52. The minimum atomic E-state index is -3.73. The van der Waals surface area contributed by atoms with Crippen molar-refractivity contribution in [3.8, 4) is 0 Å². The van der Waals surface area contributed by atoms with Crippen LogP contribution in [-0.2, 0) is 10.0 Å². The van der Waals surface area contributed by atoms with Crippen LogP contribution < -0.4 is 4.72 Å². The number of nitrogens with zero attached hydrogens (tertiary/aromatic N) is 1. The van der Waals surface area contributed by atoms with Gasteiger partial charge in [-0.2, -0.15) is 5.10 Å². The van der Waals surface area contributed by atoms with Crippen LogP contribution in [0, 0.1) is 0 Å². The maximum Gasteiger partial charge on any atom is 0.265 e. The number of aromatic nitrogens is 2. The molecule has 0 fully saturated rings. The van der Waals surface area contributed by atoms with E-state index in [0.717, 1.165) is 0 Å². The van der Waals surface area contributed by atoms with Gasteiger partial charge >= 0.3 is 0 Å². The van der Waals surface area contributed by atoms with Crippen LogP contribution in [0.25, 0.3) is 0 Å². The van der Waals surface area contributed by atoms with Crippen LogP contribution in [0.5, 0.6) is 0 Å². The van der Waals surface area contributed by atoms with Gasteiger partial charge in [-0.1, -0.05) is 29.3 Å². The van der Waals surface area contributed by atoms with E-state index in [1.54, 1.807) is 18.2 Å². The number of rotatable bonds is 3. The summed E-state index contributed by atoms with van der Waals surface area (Å²) >= 11 is 11.7. The van der Waals surface area contributed by atoms with Crippen molar-refractivity contribution < 1.29 is 8.42 Å². The highest BCUT2D eigenvalue weighted by Crippen LogP contribution is 2.31. The molecule has 2 rings (SSSR count). The first kappa shape index (κ1) is 12.2. The first-order valence-electron chi connectivity index (χ1n) is 4.46. The van der Waals surface area contributed by atoms with Gasteiger partial charge in [-0.05, 0) is 12.1 Å². The minimum Gasteiger partial charge on any atom is -0.284 e. The molecule has 5 nitrogen and oxygen atoms in total. The highest BCUT2D eigenvalue weighted by Gasteiger charge is 2.18. The topological polar surface area (TPSA) is 74.8 Å². The molecule has 0 aliphatic rings. The molecule has 0 amide bonds. The lowest BCUT2D eigenvalue weighted by atomic mass is 10.3. The van der Waals surface area contributed by atoms with Crippen molar-refractivity contribution in [1.82, 2.24) is 10.2 Å². The predicted molar refractivity (Wildman–Crippen MR) is 65.9 cm³/mol. The summed E-state index contributed by atoms with van der Waals surface area (Å²) in [6.07, 6.45) is 2.44. The van der Waals surface area contributed by atoms with E-state index in [-0.39, 0.29) is 20.6 Å². The fraction of sp³-hybridized carbons (Fsp3) is 0. The van der Waals surface area contributed by atoms with E-state index < -0.39 is 10.0 Å². The molecule has 2 aromatic rings. The minimum absolute atomic E-state index is 0.00786. The Bertz CT molecular complexity index is 605. The molecular formula is C9H7Cl2N3O2S. The Hall–Kier alpha value is -1.24. The smallest absolute Gasteiger partial charge is 0.265 e. The molecule has 0 atom stereocenters. The van der Waals surface area contributed by atoms with Gasteiger partial charge in [0.15, 0.2) is 0 Å². The van der Waals surface area contributed by atoms with Gasteiger partial charge in [-0.3, -0.25) is 9.82 Å². The molecule has 0 radical (unpaired) electrons. The number of nitrogens with one attached hydrogen (secondary N) is 2. The van der Waals surface area contributed by atoms with E-state index in [1.807, 2.05) is 0 Å². The molecule has 1 heterocycles. The van der Waals surface area contributed by atoms with E-state index >= 15 is 0 Å². The fourth-order valence-electron chi connectivity index (χ4n) is 1.17. The fourth-order valence-corrected chi connectivity index (χ4v) is 2.78. The van der Waals surface area contributed by atoms with Crippen LogP contribution >= 0.6 is 23.2 Å². The van der Waals surface area contributed by atoms with E-state index in [4.69, 9.17) is 23.2 Å². The monoisotopic (exact) mass is 291 g/mol. The number of sulfonamides is 1. The molecule has 2 N–H and O–H groups in total. The van der Waals surface area contributed by atoms with Crippen molar-refractivity contribution in [2.45, 2.75) is 4.90 Å². The maximum atomic E-state index is 11.9. The van der Waals surface area contributed by atoms with Gasteiger partial charge in [0.2, 0.25) is 0 Å². The second-order valence-corrected chi connectivity index (χ2v) is 5.63. The van der Waals surface area contributed by atoms with Crippen molar-refractivity contribution in [3.05, 3.63) is 40.6 Å². The van der Waals surface area contributed by atoms with Crippen LogP contribution in [-0.4, -0.2) is 18.6 Å². The van der Waals surface area contributed by atoms with Crippen molar-refractivity contribution in [2.24, 2.45) is 0 Å². The van der Waals surface area contributed by atoms with E-state index in [2.05, 4.69) is 14.9 Å². The summed E-state index contributed by atoms with van der Waals surface area (Å²) in [5, 5.41) is 6.43. The Morgan fingerprint density at radius 3 is 2.41 bits per heavy atom. The van der Waals surface area contributed by atoms with Gasteiger partial charge in [-0.15, -0.1) is 0 Å². The highest BCUT2D eigenvalue weighted by molar-refractivity contribution is 7.92. The third kappa shape index (κ3) is 2.54. The molecule has 1 aromatic carbocycles. The van der Waals surface area contributed by atoms with E-state index in [0.29, 0.717) is 0 Å². The highest BCUT2D eigenvalue weighted by atomic mass is 35.5. The normalized spacial score (nSPS) is 11.4. The van der Waals surface area contributed by atoms with Crippen molar-refractivity contribution in [3.63, 3.8) is 0 Å². The number of halogens is 2. The van der Waals surface area contributed by atoms with E-state index in [1.165, 1.54) is 12.4 Å². The lowest BCUT2D eigenvalue weighted by Gasteiger charge is -2.09. The molecular weight excluding hydrogens is 285 g/mol. The van der Waals surface area contributed by atoms with Crippen LogP contribution in [0.3, 0.4) is 0 Å². The van der Waals surface area contributed by atoms with Crippen LogP contribution in [0.1, 0.15) is 0 Å². The standard InChI is InChI=1S/C9H7Cl2N3O2S/c10-7-2-1-3-8(11)9(7)14-17(15,16)6-4-12-13-5-6/h1-5,14H,(H,12,13). The van der Waals surface area contributed by atoms with Crippen molar-refractivity contribution in [2.75, 3.05) is 4.72 Å². The van der Waals surface area contributed by atoms with Crippen molar-refractivity contribution in [1.29, 1.82) is 0 Å². The number of hydrogen-bond acceptors (Lipinski definition) is 3. The summed E-state index contributed by atoms with van der Waals surface area (Å²) in [5.41, 5.74) is 0.150. The van der Waals surface area contributed by atoms with Gasteiger partial charge in [0, 0.05) is 6.20 Å². The van der Waals surface area contributed by atoms with Gasteiger partial charge in [0.05, 0.1) is 21.9 Å². The molecule has 0 spiro atoms. The van der Waals surface area contributed by atoms with Crippen LogP contribution in [0.4, 0.5) is 5.69 Å². The van der Waals surface area contributed by atoms with Gasteiger partial charge in [-0.25, -0.2) is 8.42 Å². The quantitative estimate of drug-likeness (QED) is 0.912. The zero-order valence-electron chi connectivity index (χ0n) is 8.31. The molecule has 0 aliphatic carbocycles.